The monoisotopic (exact) mass is 544 g/mol. The number of carbonyl (C=O) groups is 1. The Balaban J connectivity index is 1.32. The van der Waals surface area contributed by atoms with Crippen LogP contribution in [0.5, 0.6) is 17.2 Å². The largest absolute Gasteiger partial charge is 0.508 e. The number of halogens is 1. The number of phenolic OH excluding ortho intramolecular Hbond substituents is 1. The van der Waals surface area contributed by atoms with Gasteiger partial charge >= 0.3 is 0 Å². The van der Waals surface area contributed by atoms with Crippen LogP contribution in [0.3, 0.4) is 0 Å². The third-order valence-corrected chi connectivity index (χ3v) is 7.42. The molecular formula is C30H41ClN2O5. The second-order valence-corrected chi connectivity index (χ2v) is 12.1. The molecule has 2 aromatic carbocycles. The van der Waals surface area contributed by atoms with Crippen LogP contribution in [0.15, 0.2) is 36.4 Å². The molecule has 2 heterocycles. The first-order valence-electron chi connectivity index (χ1n) is 13.7. The molecule has 1 spiro atoms. The number of likely N-dealkylation sites (tertiary alicyclic amines) is 1. The molecule has 1 atom stereocenters. The highest BCUT2D eigenvalue weighted by atomic mass is 35.5. The third-order valence-electron chi connectivity index (χ3n) is 7.18. The van der Waals surface area contributed by atoms with E-state index in [9.17, 15) is 15.0 Å². The number of hydrogen-bond acceptors (Lipinski definition) is 6. The van der Waals surface area contributed by atoms with Gasteiger partial charge in [-0.3, -0.25) is 4.79 Å². The summed E-state index contributed by atoms with van der Waals surface area (Å²) in [6.07, 6.45) is 1.87. The van der Waals surface area contributed by atoms with Gasteiger partial charge in [0.15, 0.2) is 0 Å². The Morgan fingerprint density at radius 1 is 1.11 bits per heavy atom. The van der Waals surface area contributed by atoms with Gasteiger partial charge < -0.3 is 29.5 Å². The summed E-state index contributed by atoms with van der Waals surface area (Å²) in [5.74, 6) is 1.76. The summed E-state index contributed by atoms with van der Waals surface area (Å²) in [4.78, 5) is 17.5. The molecule has 1 fully saturated rings. The summed E-state index contributed by atoms with van der Waals surface area (Å²) in [7, 11) is 0. The number of aromatic hydroxyl groups is 1. The molecule has 2 aromatic rings. The maximum absolute atomic E-state index is 13.4. The first-order chi connectivity index (χ1) is 18.0. The van der Waals surface area contributed by atoms with E-state index in [1.165, 1.54) is 12.1 Å². The van der Waals surface area contributed by atoms with E-state index >= 15 is 0 Å². The highest BCUT2D eigenvalue weighted by Gasteiger charge is 2.42. The zero-order chi connectivity index (χ0) is 27.4. The zero-order valence-corrected chi connectivity index (χ0v) is 23.7. The lowest BCUT2D eigenvalue weighted by Crippen LogP contribution is -2.49. The van der Waals surface area contributed by atoms with E-state index in [1.54, 1.807) is 6.07 Å². The van der Waals surface area contributed by atoms with Crippen molar-refractivity contribution in [2.24, 2.45) is 11.8 Å². The van der Waals surface area contributed by atoms with Gasteiger partial charge in [-0.15, -0.1) is 0 Å². The number of aliphatic hydroxyl groups excluding tert-OH is 1. The highest BCUT2D eigenvalue weighted by Crippen LogP contribution is 2.42. The molecule has 1 saturated heterocycles. The highest BCUT2D eigenvalue weighted by molar-refractivity contribution is 6.30. The van der Waals surface area contributed by atoms with Crippen LogP contribution in [0.25, 0.3) is 0 Å². The maximum Gasteiger partial charge on any atom is 0.257 e. The SMILES string of the molecule is CC(C)CN(CC(C)C)C(=O)c1ccc(O)cc1OC[C@H](O)CN1CCC2(CC1)Cc1cc(Cl)ccc1O2. The molecule has 4 rings (SSSR count). The van der Waals surface area contributed by atoms with Crippen molar-refractivity contribution in [3.05, 3.63) is 52.5 Å². The average Bonchev–Trinajstić information content (AvgIpc) is 3.20. The van der Waals surface area contributed by atoms with E-state index < -0.39 is 6.10 Å². The Bertz CT molecular complexity index is 1100. The van der Waals surface area contributed by atoms with Gasteiger partial charge in [0.2, 0.25) is 0 Å². The summed E-state index contributed by atoms with van der Waals surface area (Å²) in [6, 6.07) is 10.4. The molecule has 0 unspecified atom stereocenters. The van der Waals surface area contributed by atoms with Crippen LogP contribution >= 0.6 is 11.6 Å². The molecule has 0 saturated carbocycles. The van der Waals surface area contributed by atoms with Gasteiger partial charge in [-0.25, -0.2) is 0 Å². The van der Waals surface area contributed by atoms with Crippen LogP contribution < -0.4 is 9.47 Å². The molecule has 1 amide bonds. The summed E-state index contributed by atoms with van der Waals surface area (Å²) < 4.78 is 12.3. The molecule has 0 aliphatic carbocycles. The van der Waals surface area contributed by atoms with E-state index in [-0.39, 0.29) is 23.9 Å². The number of phenols is 1. The summed E-state index contributed by atoms with van der Waals surface area (Å²) in [6.45, 7) is 11.7. The maximum atomic E-state index is 13.4. The van der Waals surface area contributed by atoms with Crippen molar-refractivity contribution in [3.8, 4) is 17.2 Å². The Kier molecular flexibility index (Phi) is 9.11. The predicted molar refractivity (Wildman–Crippen MR) is 149 cm³/mol. The van der Waals surface area contributed by atoms with Gasteiger partial charge in [0.05, 0.1) is 5.56 Å². The van der Waals surface area contributed by atoms with Crippen molar-refractivity contribution in [1.82, 2.24) is 9.80 Å². The lowest BCUT2D eigenvalue weighted by Gasteiger charge is -2.39. The minimum absolute atomic E-state index is 0.0190. The van der Waals surface area contributed by atoms with Gasteiger partial charge in [0.1, 0.15) is 35.6 Å². The number of fused-ring (bicyclic) bond motifs is 1. The van der Waals surface area contributed by atoms with Crippen LogP contribution in [0.2, 0.25) is 5.02 Å². The van der Waals surface area contributed by atoms with Gasteiger partial charge in [0.25, 0.3) is 5.91 Å². The molecule has 0 bridgehead atoms. The van der Waals surface area contributed by atoms with E-state index in [0.717, 1.165) is 48.7 Å². The lowest BCUT2D eigenvalue weighted by atomic mass is 9.87. The van der Waals surface area contributed by atoms with Crippen LogP contribution in [-0.2, 0) is 6.42 Å². The number of carbonyl (C=O) groups excluding carboxylic acids is 1. The number of hydrogen-bond donors (Lipinski definition) is 2. The Morgan fingerprint density at radius 2 is 1.79 bits per heavy atom. The number of benzene rings is 2. The van der Waals surface area contributed by atoms with Crippen molar-refractivity contribution in [1.29, 1.82) is 0 Å². The molecule has 2 aliphatic heterocycles. The minimum Gasteiger partial charge on any atom is -0.508 e. The molecule has 0 aromatic heterocycles. The molecule has 7 nitrogen and oxygen atoms in total. The number of β-amino-alcohol motifs (C(OH)–C–C–N with tert-alkyl or cyclic N) is 1. The van der Waals surface area contributed by atoms with Crippen LogP contribution in [0.4, 0.5) is 0 Å². The second kappa shape index (κ2) is 12.1. The van der Waals surface area contributed by atoms with Crippen LogP contribution in [0.1, 0.15) is 56.5 Å². The minimum atomic E-state index is -0.739. The average molecular weight is 545 g/mol. The second-order valence-electron chi connectivity index (χ2n) is 11.7. The van der Waals surface area contributed by atoms with Gasteiger partial charge in [-0.1, -0.05) is 39.3 Å². The number of amides is 1. The fraction of sp³-hybridized carbons (Fsp3) is 0.567. The smallest absolute Gasteiger partial charge is 0.257 e. The number of piperidine rings is 1. The number of aliphatic hydroxyl groups is 1. The Morgan fingerprint density at radius 3 is 2.45 bits per heavy atom. The van der Waals surface area contributed by atoms with E-state index in [1.807, 2.05) is 23.1 Å². The molecule has 2 N–H and O–H groups in total. The topological polar surface area (TPSA) is 82.5 Å². The van der Waals surface area contributed by atoms with Crippen LogP contribution in [0, 0.1) is 11.8 Å². The molecule has 38 heavy (non-hydrogen) atoms. The Labute approximate surface area is 231 Å². The quantitative estimate of drug-likeness (QED) is 0.437. The fourth-order valence-electron chi connectivity index (χ4n) is 5.46. The molecule has 8 heteroatoms. The first kappa shape index (κ1) is 28.5. The van der Waals surface area contributed by atoms with Crippen LogP contribution in [-0.4, -0.2) is 77.0 Å². The van der Waals surface area contributed by atoms with Crippen molar-refractivity contribution < 1.29 is 24.5 Å². The van der Waals surface area contributed by atoms with Crippen molar-refractivity contribution in [3.63, 3.8) is 0 Å². The summed E-state index contributed by atoms with van der Waals surface area (Å²) >= 11 is 6.16. The zero-order valence-electron chi connectivity index (χ0n) is 23.0. The normalized spacial score (nSPS) is 17.5. The molecule has 0 radical (unpaired) electrons. The van der Waals surface area contributed by atoms with E-state index in [4.69, 9.17) is 21.1 Å². The Hall–Kier alpha value is -2.48. The summed E-state index contributed by atoms with van der Waals surface area (Å²) in [5, 5.41) is 21.6. The van der Waals surface area contributed by atoms with Crippen molar-refractivity contribution in [2.45, 2.75) is 58.7 Å². The third kappa shape index (κ3) is 7.13. The number of rotatable bonds is 10. The van der Waals surface area contributed by atoms with Crippen molar-refractivity contribution in [2.75, 3.05) is 39.3 Å². The fourth-order valence-corrected chi connectivity index (χ4v) is 5.65. The predicted octanol–water partition coefficient (Wildman–Crippen LogP) is 5.01. The van der Waals surface area contributed by atoms with Gasteiger partial charge in [-0.2, -0.15) is 0 Å². The molecule has 208 valence electrons. The molecule has 2 aliphatic rings. The standard InChI is InChI=1S/C30H41ClN2O5/c1-20(2)16-33(17-21(3)4)29(36)26-7-6-24(34)14-28(26)37-19-25(35)18-32-11-9-30(10-12-32)15-22-13-23(31)5-8-27(22)38-30/h5-8,13-14,20-21,25,34-35H,9-12,15-19H2,1-4H3/t25-/m1/s1. The van der Waals surface area contributed by atoms with Gasteiger partial charge in [0, 0.05) is 63.1 Å². The van der Waals surface area contributed by atoms with Crippen molar-refractivity contribution >= 4 is 17.5 Å². The first-order valence-corrected chi connectivity index (χ1v) is 14.0. The number of ether oxygens (including phenoxy) is 2. The van der Waals surface area contributed by atoms with E-state index in [0.29, 0.717) is 42.8 Å². The van der Waals surface area contributed by atoms with Gasteiger partial charge in [-0.05, 0) is 47.7 Å². The number of nitrogens with zero attached hydrogens (tertiary/aromatic N) is 2. The van der Waals surface area contributed by atoms with E-state index in [2.05, 4.69) is 32.6 Å². The molecular weight excluding hydrogens is 504 g/mol. The lowest BCUT2D eigenvalue weighted by molar-refractivity contribution is -0.00203. The summed E-state index contributed by atoms with van der Waals surface area (Å²) in [5.41, 5.74) is 1.37.